The Labute approximate surface area is 103 Å². The van der Waals surface area contributed by atoms with Crippen molar-refractivity contribution in [2.24, 2.45) is 5.73 Å². The maximum absolute atomic E-state index is 10.5. The summed E-state index contributed by atoms with van der Waals surface area (Å²) in [6.45, 7) is 1.53. The van der Waals surface area contributed by atoms with Crippen molar-refractivity contribution in [1.29, 1.82) is 0 Å². The standard InChI is InChI=1S/C14H21NO2/c15-14(16)9-5-2-6-11-17-12-10-13-7-3-1-4-8-13/h1,3-4,7-8H,2,5-6,9-12H2,(H2,15,16). The van der Waals surface area contributed by atoms with Crippen molar-refractivity contribution in [3.63, 3.8) is 0 Å². The van der Waals surface area contributed by atoms with Crippen molar-refractivity contribution in [1.82, 2.24) is 0 Å². The third kappa shape index (κ3) is 7.53. The third-order valence-corrected chi connectivity index (χ3v) is 2.59. The van der Waals surface area contributed by atoms with Crippen LogP contribution in [0.15, 0.2) is 30.3 Å². The molecule has 1 aromatic rings. The first-order chi connectivity index (χ1) is 8.29. The molecule has 0 spiro atoms. The van der Waals surface area contributed by atoms with Crippen molar-refractivity contribution >= 4 is 5.91 Å². The van der Waals surface area contributed by atoms with Gasteiger partial charge in [-0.3, -0.25) is 4.79 Å². The molecule has 0 unspecified atom stereocenters. The molecular weight excluding hydrogens is 214 g/mol. The van der Waals surface area contributed by atoms with Gasteiger partial charge in [0.1, 0.15) is 0 Å². The Hall–Kier alpha value is -1.35. The first-order valence-electron chi connectivity index (χ1n) is 6.19. The van der Waals surface area contributed by atoms with Gasteiger partial charge in [-0.1, -0.05) is 36.8 Å². The van der Waals surface area contributed by atoms with Crippen LogP contribution in [-0.4, -0.2) is 19.1 Å². The van der Waals surface area contributed by atoms with Crippen LogP contribution in [0.4, 0.5) is 0 Å². The van der Waals surface area contributed by atoms with Crippen LogP contribution in [0.25, 0.3) is 0 Å². The summed E-state index contributed by atoms with van der Waals surface area (Å²) >= 11 is 0. The Morgan fingerprint density at radius 2 is 1.82 bits per heavy atom. The van der Waals surface area contributed by atoms with Gasteiger partial charge < -0.3 is 10.5 Å². The van der Waals surface area contributed by atoms with Crippen molar-refractivity contribution in [3.05, 3.63) is 35.9 Å². The number of nitrogens with two attached hydrogens (primary N) is 1. The van der Waals surface area contributed by atoms with E-state index in [-0.39, 0.29) is 5.91 Å². The summed E-state index contributed by atoms with van der Waals surface area (Å²) in [7, 11) is 0. The van der Waals surface area contributed by atoms with E-state index in [0.717, 1.165) is 38.9 Å². The SMILES string of the molecule is NC(=O)CCCCCOCCc1ccccc1. The zero-order valence-corrected chi connectivity index (χ0v) is 10.2. The average molecular weight is 235 g/mol. The maximum atomic E-state index is 10.5. The molecule has 94 valence electrons. The van der Waals surface area contributed by atoms with E-state index in [1.165, 1.54) is 5.56 Å². The van der Waals surface area contributed by atoms with Crippen LogP contribution in [0.5, 0.6) is 0 Å². The zero-order chi connectivity index (χ0) is 12.3. The van der Waals surface area contributed by atoms with E-state index >= 15 is 0 Å². The number of benzene rings is 1. The lowest BCUT2D eigenvalue weighted by molar-refractivity contribution is -0.118. The van der Waals surface area contributed by atoms with Crippen molar-refractivity contribution in [3.8, 4) is 0 Å². The van der Waals surface area contributed by atoms with Gasteiger partial charge in [-0.15, -0.1) is 0 Å². The topological polar surface area (TPSA) is 52.3 Å². The fourth-order valence-corrected chi connectivity index (χ4v) is 1.62. The molecule has 0 aliphatic heterocycles. The molecule has 0 atom stereocenters. The van der Waals surface area contributed by atoms with E-state index < -0.39 is 0 Å². The van der Waals surface area contributed by atoms with Gasteiger partial charge in [0.15, 0.2) is 0 Å². The molecule has 0 fully saturated rings. The third-order valence-electron chi connectivity index (χ3n) is 2.59. The van der Waals surface area contributed by atoms with E-state index in [1.807, 2.05) is 18.2 Å². The number of amides is 1. The van der Waals surface area contributed by atoms with Gasteiger partial charge in [0.2, 0.25) is 5.91 Å². The molecule has 0 heterocycles. The predicted octanol–water partition coefficient (Wildman–Crippen LogP) is 2.29. The fourth-order valence-electron chi connectivity index (χ4n) is 1.62. The maximum Gasteiger partial charge on any atom is 0.217 e. The largest absolute Gasteiger partial charge is 0.381 e. The molecule has 0 radical (unpaired) electrons. The van der Waals surface area contributed by atoms with Crippen molar-refractivity contribution < 1.29 is 9.53 Å². The lowest BCUT2D eigenvalue weighted by Gasteiger charge is -2.04. The van der Waals surface area contributed by atoms with E-state index in [1.54, 1.807) is 0 Å². The fraction of sp³-hybridized carbons (Fsp3) is 0.500. The Morgan fingerprint density at radius 3 is 2.53 bits per heavy atom. The van der Waals surface area contributed by atoms with Gasteiger partial charge in [-0.2, -0.15) is 0 Å². The second-order valence-electron chi connectivity index (χ2n) is 4.12. The van der Waals surface area contributed by atoms with Gasteiger partial charge in [-0.25, -0.2) is 0 Å². The van der Waals surface area contributed by atoms with Gasteiger partial charge in [0, 0.05) is 13.0 Å². The van der Waals surface area contributed by atoms with Crippen molar-refractivity contribution in [2.75, 3.05) is 13.2 Å². The number of hydrogen-bond donors (Lipinski definition) is 1. The lowest BCUT2D eigenvalue weighted by atomic mass is 10.2. The first-order valence-corrected chi connectivity index (χ1v) is 6.19. The molecule has 3 nitrogen and oxygen atoms in total. The molecule has 1 rings (SSSR count). The van der Waals surface area contributed by atoms with Gasteiger partial charge in [0.05, 0.1) is 6.61 Å². The Kier molecular flexibility index (Phi) is 7.07. The molecule has 0 aromatic heterocycles. The molecule has 1 aromatic carbocycles. The second kappa shape index (κ2) is 8.76. The summed E-state index contributed by atoms with van der Waals surface area (Å²) in [4.78, 5) is 10.5. The molecule has 2 N–H and O–H groups in total. The number of hydrogen-bond acceptors (Lipinski definition) is 2. The molecule has 0 aliphatic rings. The quantitative estimate of drug-likeness (QED) is 0.668. The molecule has 1 amide bonds. The van der Waals surface area contributed by atoms with Crippen LogP contribution >= 0.6 is 0 Å². The Morgan fingerprint density at radius 1 is 1.06 bits per heavy atom. The van der Waals surface area contributed by atoms with E-state index in [2.05, 4.69) is 12.1 Å². The number of rotatable bonds is 9. The first kappa shape index (κ1) is 13.7. The minimum absolute atomic E-state index is 0.213. The van der Waals surface area contributed by atoms with Crippen LogP contribution in [0.1, 0.15) is 31.2 Å². The summed E-state index contributed by atoms with van der Waals surface area (Å²) in [5, 5.41) is 0. The predicted molar refractivity (Wildman–Crippen MR) is 68.6 cm³/mol. The van der Waals surface area contributed by atoms with E-state index in [9.17, 15) is 4.79 Å². The highest BCUT2D eigenvalue weighted by atomic mass is 16.5. The smallest absolute Gasteiger partial charge is 0.217 e. The summed E-state index contributed by atoms with van der Waals surface area (Å²) in [6.07, 6.45) is 4.33. The number of carbonyl (C=O) groups is 1. The average Bonchev–Trinajstić information content (AvgIpc) is 2.33. The van der Waals surface area contributed by atoms with Gasteiger partial charge in [0.25, 0.3) is 0 Å². The van der Waals surface area contributed by atoms with Crippen molar-refractivity contribution in [2.45, 2.75) is 32.1 Å². The molecular formula is C14H21NO2. The minimum Gasteiger partial charge on any atom is -0.381 e. The summed E-state index contributed by atoms with van der Waals surface area (Å²) in [6, 6.07) is 10.3. The van der Waals surface area contributed by atoms with Crippen LogP contribution in [0.2, 0.25) is 0 Å². The highest BCUT2D eigenvalue weighted by Crippen LogP contribution is 2.02. The summed E-state index contributed by atoms with van der Waals surface area (Å²) in [5.74, 6) is -0.213. The highest BCUT2D eigenvalue weighted by molar-refractivity contribution is 5.73. The van der Waals surface area contributed by atoms with Crippen LogP contribution in [-0.2, 0) is 16.0 Å². The zero-order valence-electron chi connectivity index (χ0n) is 10.2. The summed E-state index contributed by atoms with van der Waals surface area (Å²) in [5.41, 5.74) is 6.36. The number of primary amides is 1. The van der Waals surface area contributed by atoms with E-state index in [4.69, 9.17) is 10.5 Å². The van der Waals surface area contributed by atoms with E-state index in [0.29, 0.717) is 6.42 Å². The summed E-state index contributed by atoms with van der Waals surface area (Å²) < 4.78 is 5.53. The molecule has 3 heteroatoms. The normalized spacial score (nSPS) is 10.4. The van der Waals surface area contributed by atoms with Crippen LogP contribution in [0, 0.1) is 0 Å². The molecule has 0 saturated carbocycles. The number of ether oxygens (including phenoxy) is 1. The highest BCUT2D eigenvalue weighted by Gasteiger charge is 1.95. The number of unbranched alkanes of at least 4 members (excludes halogenated alkanes) is 2. The van der Waals surface area contributed by atoms with Gasteiger partial charge >= 0.3 is 0 Å². The number of carbonyl (C=O) groups excluding carboxylic acids is 1. The lowest BCUT2D eigenvalue weighted by Crippen LogP contribution is -2.09. The molecule has 0 aliphatic carbocycles. The molecule has 0 bridgehead atoms. The molecule has 17 heavy (non-hydrogen) atoms. The van der Waals surface area contributed by atoms with Crippen LogP contribution < -0.4 is 5.73 Å². The Bertz CT molecular complexity index is 311. The minimum atomic E-state index is -0.213. The monoisotopic (exact) mass is 235 g/mol. The van der Waals surface area contributed by atoms with Crippen LogP contribution in [0.3, 0.4) is 0 Å². The second-order valence-corrected chi connectivity index (χ2v) is 4.12. The molecule has 0 saturated heterocycles. The Balaban J connectivity index is 1.90. The van der Waals surface area contributed by atoms with Gasteiger partial charge in [-0.05, 0) is 24.8 Å².